The summed E-state index contributed by atoms with van der Waals surface area (Å²) in [4.78, 5) is 41.8. The molecule has 2 N–H and O–H groups in total. The summed E-state index contributed by atoms with van der Waals surface area (Å²) in [6.45, 7) is 4.89. The third kappa shape index (κ3) is 11.8. The van der Waals surface area contributed by atoms with E-state index in [0.717, 1.165) is 54.9 Å². The summed E-state index contributed by atoms with van der Waals surface area (Å²) < 4.78 is 30.2. The van der Waals surface area contributed by atoms with Crippen molar-refractivity contribution < 1.29 is 18.1 Å². The molecular formula is C46H50ClN9O5S2. The summed E-state index contributed by atoms with van der Waals surface area (Å²) >= 11 is 7.75. The summed E-state index contributed by atoms with van der Waals surface area (Å²) in [5, 5.41) is 17.0. The van der Waals surface area contributed by atoms with E-state index in [-0.39, 0.29) is 40.6 Å². The first-order valence-corrected chi connectivity index (χ1v) is 23.4. The van der Waals surface area contributed by atoms with Crippen molar-refractivity contribution >= 4 is 73.1 Å². The van der Waals surface area contributed by atoms with Gasteiger partial charge in [-0.2, -0.15) is 0 Å². The number of nitrogens with one attached hydrogen (secondary N) is 2. The lowest BCUT2D eigenvalue weighted by Gasteiger charge is -2.36. The molecule has 0 unspecified atom stereocenters. The number of fused-ring (bicyclic) bond motifs is 1. The monoisotopic (exact) mass is 907 g/mol. The Bertz CT molecular complexity index is 2650. The summed E-state index contributed by atoms with van der Waals surface area (Å²) in [6, 6.07) is 35.4. The van der Waals surface area contributed by atoms with Crippen LogP contribution < -0.4 is 14.9 Å². The number of hydrogen-bond acceptors (Lipinski definition) is 12. The maximum Gasteiger partial charge on any atom is 0.293 e. The molecule has 0 radical (unpaired) electrons. The van der Waals surface area contributed by atoms with Crippen molar-refractivity contribution in [3.63, 3.8) is 0 Å². The molecule has 0 spiro atoms. The van der Waals surface area contributed by atoms with Gasteiger partial charge in [-0.15, -0.1) is 11.8 Å². The van der Waals surface area contributed by atoms with E-state index in [0.29, 0.717) is 34.6 Å². The van der Waals surface area contributed by atoms with Gasteiger partial charge in [-0.25, -0.2) is 18.4 Å². The maximum absolute atomic E-state index is 13.8. The summed E-state index contributed by atoms with van der Waals surface area (Å²) in [5.74, 6) is 0.601. The number of anilines is 3. The van der Waals surface area contributed by atoms with Gasteiger partial charge in [0.05, 0.1) is 21.9 Å². The molecular weight excluding hydrogens is 858 g/mol. The number of halogens is 1. The number of aromatic nitrogens is 2. The Morgan fingerprint density at radius 2 is 1.63 bits per heavy atom. The van der Waals surface area contributed by atoms with Crippen molar-refractivity contribution in [2.45, 2.75) is 28.8 Å². The third-order valence-electron chi connectivity index (χ3n) is 10.9. The minimum absolute atomic E-state index is 0.0314. The van der Waals surface area contributed by atoms with Gasteiger partial charge in [-0.3, -0.25) is 29.4 Å². The summed E-state index contributed by atoms with van der Waals surface area (Å²) in [5.41, 5.74) is 4.89. The molecule has 7 rings (SSSR count). The molecule has 1 aliphatic heterocycles. The van der Waals surface area contributed by atoms with Gasteiger partial charge in [0, 0.05) is 92.2 Å². The van der Waals surface area contributed by atoms with E-state index in [2.05, 4.69) is 54.1 Å². The quantitative estimate of drug-likeness (QED) is 0.0488. The van der Waals surface area contributed by atoms with Gasteiger partial charge in [0.15, 0.2) is 5.82 Å². The van der Waals surface area contributed by atoms with Crippen LogP contribution in [0.15, 0.2) is 131 Å². The van der Waals surface area contributed by atoms with Crippen molar-refractivity contribution in [3.05, 3.63) is 142 Å². The number of amides is 1. The summed E-state index contributed by atoms with van der Waals surface area (Å²) in [6.07, 6.45) is 1.87. The van der Waals surface area contributed by atoms with E-state index in [1.807, 2.05) is 78.7 Å². The predicted molar refractivity (Wildman–Crippen MR) is 253 cm³/mol. The first kappa shape index (κ1) is 45.3. The highest BCUT2D eigenvalue weighted by Gasteiger charge is 2.26. The van der Waals surface area contributed by atoms with Gasteiger partial charge in [-0.05, 0) is 84.8 Å². The number of thioether (sulfide) groups is 1. The first-order chi connectivity index (χ1) is 30.3. The largest absolute Gasteiger partial charge is 0.376 e. The molecule has 1 amide bonds. The maximum atomic E-state index is 13.8. The van der Waals surface area contributed by atoms with E-state index in [1.54, 1.807) is 31.9 Å². The van der Waals surface area contributed by atoms with E-state index >= 15 is 0 Å². The van der Waals surface area contributed by atoms with E-state index in [9.17, 15) is 23.3 Å². The van der Waals surface area contributed by atoms with Crippen molar-refractivity contribution in [2.75, 3.05) is 81.1 Å². The molecule has 1 aromatic heterocycles. The molecule has 2 heterocycles. The van der Waals surface area contributed by atoms with Gasteiger partial charge in [-0.1, -0.05) is 66.2 Å². The Kier molecular flexibility index (Phi) is 14.8. The van der Waals surface area contributed by atoms with E-state index < -0.39 is 14.9 Å². The minimum atomic E-state index is -4.32. The van der Waals surface area contributed by atoms with Crippen LogP contribution in [0.25, 0.3) is 22.0 Å². The number of carbonyl (C=O) groups excluding carboxylic acids is 1. The molecule has 1 saturated heterocycles. The van der Waals surface area contributed by atoms with Crippen LogP contribution in [0.2, 0.25) is 5.02 Å². The summed E-state index contributed by atoms with van der Waals surface area (Å²) in [7, 11) is 0.944. The van der Waals surface area contributed by atoms with Gasteiger partial charge in [0.1, 0.15) is 12.0 Å². The van der Waals surface area contributed by atoms with Gasteiger partial charge in [0.2, 0.25) is 5.91 Å². The molecule has 0 saturated carbocycles. The Morgan fingerprint density at radius 3 is 2.37 bits per heavy atom. The predicted octanol–water partition coefficient (Wildman–Crippen LogP) is 7.96. The molecule has 17 heteroatoms. The number of nitro groups is 1. The zero-order valence-electron chi connectivity index (χ0n) is 35.4. The lowest BCUT2D eigenvalue weighted by atomic mass is 9.99. The smallest absolute Gasteiger partial charge is 0.293 e. The standard InChI is InChI=1S/C46H50ClN9O5S2/c1-52(2)45(57)30-53(3)22-21-36(31-62-38-10-5-4-6-11-38)50-42-20-18-39(28-44(42)56(58)59)63(60,61)51-46-41-19-17-37(27-43(41)48-32-49-46)55-25-23-54(24-26-55)29-34-9-7-8-12-40(34)33-13-15-35(47)16-14-33/h4-20,27-28,32,36,50H,21-26,29-31H2,1-3H3,(H,48,49,51)/t36-/m1/s1. The lowest BCUT2D eigenvalue weighted by Crippen LogP contribution is -2.46. The molecule has 1 aliphatic rings. The Balaban J connectivity index is 1.02. The van der Waals surface area contributed by atoms with Gasteiger partial charge in [0.25, 0.3) is 15.7 Å². The Labute approximate surface area is 377 Å². The molecule has 1 atom stereocenters. The zero-order valence-corrected chi connectivity index (χ0v) is 37.7. The van der Waals surface area contributed by atoms with Gasteiger partial charge >= 0.3 is 0 Å². The van der Waals surface area contributed by atoms with Crippen molar-refractivity contribution in [2.24, 2.45) is 0 Å². The number of benzene rings is 5. The van der Waals surface area contributed by atoms with Crippen LogP contribution in [0, 0.1) is 10.1 Å². The molecule has 1 fully saturated rings. The molecule has 14 nitrogen and oxygen atoms in total. The number of likely N-dealkylation sites (N-methyl/N-ethyl adjacent to an activating group) is 2. The van der Waals surface area contributed by atoms with Crippen molar-refractivity contribution in [1.82, 2.24) is 24.7 Å². The Hall–Kier alpha value is -5.78. The third-order valence-corrected chi connectivity index (χ3v) is 13.7. The second kappa shape index (κ2) is 20.6. The van der Waals surface area contributed by atoms with E-state index in [4.69, 9.17) is 11.6 Å². The fourth-order valence-electron chi connectivity index (χ4n) is 7.39. The number of rotatable bonds is 18. The van der Waals surface area contributed by atoms with E-state index in [1.165, 1.54) is 34.5 Å². The first-order valence-electron chi connectivity index (χ1n) is 20.5. The normalized spacial score (nSPS) is 13.8. The minimum Gasteiger partial charge on any atom is -0.376 e. The second-order valence-electron chi connectivity index (χ2n) is 15.7. The fraction of sp³-hybridized carbons (Fsp3) is 0.283. The number of nitro benzene ring substituents is 1. The average Bonchev–Trinajstić information content (AvgIpc) is 3.28. The molecule has 0 bridgehead atoms. The fourth-order valence-corrected chi connectivity index (χ4v) is 9.56. The number of sulfonamides is 1. The lowest BCUT2D eigenvalue weighted by molar-refractivity contribution is -0.384. The van der Waals surface area contributed by atoms with Crippen molar-refractivity contribution in [3.8, 4) is 11.1 Å². The van der Waals surface area contributed by atoms with Crippen LogP contribution in [0.1, 0.15) is 12.0 Å². The highest BCUT2D eigenvalue weighted by molar-refractivity contribution is 7.99. The topological polar surface area (TPSA) is 157 Å². The number of carbonyl (C=O) groups is 1. The number of nitrogens with zero attached hydrogens (tertiary/aromatic N) is 7. The average molecular weight is 909 g/mol. The molecule has 63 heavy (non-hydrogen) atoms. The van der Waals surface area contributed by atoms with Crippen LogP contribution in [-0.4, -0.2) is 116 Å². The van der Waals surface area contributed by atoms with Crippen LogP contribution in [0.3, 0.4) is 0 Å². The highest BCUT2D eigenvalue weighted by atomic mass is 35.5. The second-order valence-corrected chi connectivity index (χ2v) is 18.9. The van der Waals surface area contributed by atoms with Gasteiger partial charge < -0.3 is 15.1 Å². The SMILES string of the molecule is CN(CC[C@H](CSc1ccccc1)Nc1ccc(S(=O)(=O)Nc2ncnc3cc(N4CCN(Cc5ccccc5-c5ccc(Cl)cc5)CC4)ccc23)cc1[N+](=O)[O-])CC(=O)N(C)C. The number of piperazine rings is 1. The van der Waals surface area contributed by atoms with Crippen LogP contribution in [0.4, 0.5) is 22.9 Å². The highest BCUT2D eigenvalue weighted by Crippen LogP contribution is 2.33. The molecule has 0 aliphatic carbocycles. The molecule has 328 valence electrons. The zero-order chi connectivity index (χ0) is 44.5. The number of hydrogen-bond donors (Lipinski definition) is 2. The Morgan fingerprint density at radius 1 is 0.905 bits per heavy atom. The van der Waals surface area contributed by atoms with Crippen LogP contribution >= 0.6 is 23.4 Å². The van der Waals surface area contributed by atoms with Crippen LogP contribution in [0.5, 0.6) is 0 Å². The molecule has 6 aromatic rings. The molecule has 5 aromatic carbocycles. The van der Waals surface area contributed by atoms with Crippen molar-refractivity contribution in [1.29, 1.82) is 0 Å². The van der Waals surface area contributed by atoms with Crippen LogP contribution in [-0.2, 0) is 21.4 Å².